The van der Waals surface area contributed by atoms with Crippen LogP contribution in [-0.2, 0) is 0 Å². The monoisotopic (exact) mass is 258 g/mol. The van der Waals surface area contributed by atoms with E-state index in [0.717, 1.165) is 5.76 Å². The van der Waals surface area contributed by atoms with Crippen LogP contribution in [0.4, 0.5) is 0 Å². The van der Waals surface area contributed by atoms with Gasteiger partial charge in [-0.15, -0.1) is 0 Å². The van der Waals surface area contributed by atoms with Crippen LogP contribution in [0.2, 0.25) is 0 Å². The number of carbonyl (C=O) groups is 1. The number of hydrogen-bond donors (Lipinski definition) is 1. The van der Waals surface area contributed by atoms with Crippen LogP contribution in [0.1, 0.15) is 22.2 Å². The van der Waals surface area contributed by atoms with Crippen LogP contribution < -0.4 is 5.32 Å². The Labute approximate surface area is 113 Å². The average molecular weight is 258 g/mol. The summed E-state index contributed by atoms with van der Waals surface area (Å²) in [5.74, 6) is 0.775. The molecule has 1 amide bonds. The van der Waals surface area contributed by atoms with Crippen LogP contribution in [0.25, 0.3) is 0 Å². The van der Waals surface area contributed by atoms with E-state index >= 15 is 0 Å². The number of rotatable bonds is 5. The molecule has 0 aliphatic heterocycles. The lowest BCUT2D eigenvalue weighted by Crippen LogP contribution is -2.34. The first-order chi connectivity index (χ1) is 9.18. The Morgan fingerprint density at radius 1 is 1.21 bits per heavy atom. The Morgan fingerprint density at radius 3 is 2.53 bits per heavy atom. The molecule has 100 valence electrons. The van der Waals surface area contributed by atoms with Crippen molar-refractivity contribution >= 4 is 5.91 Å². The third kappa shape index (κ3) is 3.45. The standard InChI is InChI=1S/C15H18N2O2/c1-17(2)13(14-9-6-10-19-14)11-16-15(18)12-7-4-3-5-8-12/h3-10,13H,11H2,1-2H3,(H,16,18)/t13-/m0/s1. The summed E-state index contributed by atoms with van der Waals surface area (Å²) in [6.45, 7) is 0.508. The van der Waals surface area contributed by atoms with Crippen LogP contribution in [0.15, 0.2) is 53.1 Å². The summed E-state index contributed by atoms with van der Waals surface area (Å²) in [7, 11) is 3.92. The van der Waals surface area contributed by atoms with Crippen molar-refractivity contribution in [2.75, 3.05) is 20.6 Å². The molecule has 19 heavy (non-hydrogen) atoms. The van der Waals surface area contributed by atoms with Crippen LogP contribution in [0, 0.1) is 0 Å². The van der Waals surface area contributed by atoms with Gasteiger partial charge in [-0.2, -0.15) is 0 Å². The van der Waals surface area contributed by atoms with E-state index in [9.17, 15) is 4.79 Å². The largest absolute Gasteiger partial charge is 0.468 e. The number of likely N-dealkylation sites (N-methyl/N-ethyl adjacent to an activating group) is 1. The molecule has 1 atom stereocenters. The van der Waals surface area contributed by atoms with E-state index in [1.807, 2.05) is 49.3 Å². The maximum Gasteiger partial charge on any atom is 0.251 e. The van der Waals surface area contributed by atoms with Gasteiger partial charge in [0.2, 0.25) is 0 Å². The second-order valence-electron chi connectivity index (χ2n) is 4.57. The van der Waals surface area contributed by atoms with Crippen LogP contribution in [-0.4, -0.2) is 31.4 Å². The number of benzene rings is 1. The first-order valence-electron chi connectivity index (χ1n) is 6.21. The average Bonchev–Trinajstić information content (AvgIpc) is 2.93. The summed E-state index contributed by atoms with van der Waals surface area (Å²) in [5.41, 5.74) is 0.666. The predicted molar refractivity (Wildman–Crippen MR) is 73.9 cm³/mol. The molecule has 0 bridgehead atoms. The third-order valence-corrected chi connectivity index (χ3v) is 2.99. The van der Waals surface area contributed by atoms with Crippen molar-refractivity contribution < 1.29 is 9.21 Å². The van der Waals surface area contributed by atoms with Gasteiger partial charge in [0.1, 0.15) is 5.76 Å². The van der Waals surface area contributed by atoms with Gasteiger partial charge in [-0.3, -0.25) is 9.69 Å². The van der Waals surface area contributed by atoms with E-state index in [2.05, 4.69) is 5.32 Å². The molecule has 0 spiro atoms. The Bertz CT molecular complexity index is 506. The number of amides is 1. The fraction of sp³-hybridized carbons (Fsp3) is 0.267. The number of hydrogen-bond acceptors (Lipinski definition) is 3. The van der Waals surface area contributed by atoms with Gasteiger partial charge in [0.05, 0.1) is 12.3 Å². The second kappa shape index (κ2) is 6.20. The maximum atomic E-state index is 12.0. The smallest absolute Gasteiger partial charge is 0.251 e. The van der Waals surface area contributed by atoms with Crippen molar-refractivity contribution in [2.45, 2.75) is 6.04 Å². The summed E-state index contributed by atoms with van der Waals surface area (Å²) >= 11 is 0. The van der Waals surface area contributed by atoms with E-state index < -0.39 is 0 Å². The summed E-state index contributed by atoms with van der Waals surface area (Å²) in [6.07, 6.45) is 1.64. The zero-order chi connectivity index (χ0) is 13.7. The highest BCUT2D eigenvalue weighted by molar-refractivity contribution is 5.94. The Balaban J connectivity index is 1.98. The molecular formula is C15H18N2O2. The van der Waals surface area contributed by atoms with Crippen molar-refractivity contribution in [2.24, 2.45) is 0 Å². The van der Waals surface area contributed by atoms with E-state index in [1.165, 1.54) is 0 Å². The summed E-state index contributed by atoms with van der Waals surface area (Å²) in [5, 5.41) is 2.93. The number of nitrogens with zero attached hydrogens (tertiary/aromatic N) is 1. The van der Waals surface area contributed by atoms with Gasteiger partial charge in [-0.25, -0.2) is 0 Å². The minimum Gasteiger partial charge on any atom is -0.468 e. The molecule has 4 heteroatoms. The molecule has 1 heterocycles. The first-order valence-corrected chi connectivity index (χ1v) is 6.21. The molecule has 0 radical (unpaired) electrons. The molecule has 0 aliphatic carbocycles. The van der Waals surface area contributed by atoms with Crippen LogP contribution in [0.5, 0.6) is 0 Å². The topological polar surface area (TPSA) is 45.5 Å². The highest BCUT2D eigenvalue weighted by Gasteiger charge is 2.18. The summed E-state index contributed by atoms with van der Waals surface area (Å²) in [6, 6.07) is 13.0. The van der Waals surface area contributed by atoms with Crippen molar-refractivity contribution in [1.29, 1.82) is 0 Å². The highest BCUT2D eigenvalue weighted by Crippen LogP contribution is 2.17. The maximum absolute atomic E-state index is 12.0. The molecule has 0 saturated carbocycles. The Morgan fingerprint density at radius 2 is 1.95 bits per heavy atom. The summed E-state index contributed by atoms with van der Waals surface area (Å²) < 4.78 is 5.40. The summed E-state index contributed by atoms with van der Waals surface area (Å²) in [4.78, 5) is 14.0. The van der Waals surface area contributed by atoms with Gasteiger partial charge in [-0.1, -0.05) is 18.2 Å². The van der Waals surface area contributed by atoms with Crippen LogP contribution in [0.3, 0.4) is 0 Å². The highest BCUT2D eigenvalue weighted by atomic mass is 16.3. The number of furan rings is 1. The SMILES string of the molecule is CN(C)[C@@H](CNC(=O)c1ccccc1)c1ccco1. The van der Waals surface area contributed by atoms with Crippen LogP contribution >= 0.6 is 0 Å². The lowest BCUT2D eigenvalue weighted by Gasteiger charge is -2.22. The minimum atomic E-state index is -0.0704. The molecule has 0 unspecified atom stereocenters. The first kappa shape index (κ1) is 13.4. The molecule has 1 aromatic carbocycles. The fourth-order valence-corrected chi connectivity index (χ4v) is 1.90. The zero-order valence-electron chi connectivity index (χ0n) is 11.2. The zero-order valence-corrected chi connectivity index (χ0v) is 11.2. The van der Waals surface area contributed by atoms with Gasteiger partial charge in [-0.05, 0) is 38.4 Å². The molecular weight excluding hydrogens is 240 g/mol. The Hall–Kier alpha value is -2.07. The van der Waals surface area contributed by atoms with E-state index in [-0.39, 0.29) is 11.9 Å². The van der Waals surface area contributed by atoms with Gasteiger partial charge < -0.3 is 9.73 Å². The number of nitrogens with one attached hydrogen (secondary N) is 1. The molecule has 0 fully saturated rings. The lowest BCUT2D eigenvalue weighted by atomic mass is 10.2. The van der Waals surface area contributed by atoms with E-state index in [4.69, 9.17) is 4.42 Å². The second-order valence-corrected chi connectivity index (χ2v) is 4.57. The third-order valence-electron chi connectivity index (χ3n) is 2.99. The fourth-order valence-electron chi connectivity index (χ4n) is 1.90. The predicted octanol–water partition coefficient (Wildman–Crippen LogP) is 2.31. The lowest BCUT2D eigenvalue weighted by molar-refractivity contribution is 0.0939. The van der Waals surface area contributed by atoms with Gasteiger partial charge in [0, 0.05) is 12.1 Å². The minimum absolute atomic E-state index is 0.0302. The molecule has 1 aromatic heterocycles. The molecule has 4 nitrogen and oxygen atoms in total. The van der Waals surface area contributed by atoms with Crippen molar-refractivity contribution in [1.82, 2.24) is 10.2 Å². The van der Waals surface area contributed by atoms with Gasteiger partial charge in [0.15, 0.2) is 0 Å². The molecule has 1 N–H and O–H groups in total. The van der Waals surface area contributed by atoms with E-state index in [0.29, 0.717) is 12.1 Å². The van der Waals surface area contributed by atoms with Crippen molar-refractivity contribution in [3.63, 3.8) is 0 Å². The van der Waals surface area contributed by atoms with Gasteiger partial charge >= 0.3 is 0 Å². The molecule has 2 aromatic rings. The van der Waals surface area contributed by atoms with E-state index in [1.54, 1.807) is 18.4 Å². The molecule has 0 aliphatic rings. The van der Waals surface area contributed by atoms with Gasteiger partial charge in [0.25, 0.3) is 5.91 Å². The number of carbonyl (C=O) groups excluding carboxylic acids is 1. The Kier molecular flexibility index (Phi) is 4.36. The quantitative estimate of drug-likeness (QED) is 0.895. The molecule has 2 rings (SSSR count). The normalized spacial score (nSPS) is 12.4. The van der Waals surface area contributed by atoms with Crippen molar-refractivity contribution in [3.8, 4) is 0 Å². The molecule has 0 saturated heterocycles. The van der Waals surface area contributed by atoms with Crippen molar-refractivity contribution in [3.05, 3.63) is 60.1 Å².